The average Bonchev–Trinajstić information content (AvgIpc) is 3.05. The molecule has 0 aliphatic heterocycles. The second-order valence-electron chi connectivity index (χ2n) is 4.55. The van der Waals surface area contributed by atoms with Gasteiger partial charge in [-0.25, -0.2) is 15.0 Å². The minimum absolute atomic E-state index is 0.612. The molecule has 0 aliphatic rings. The molecule has 0 saturated heterocycles. The predicted octanol–water partition coefficient (Wildman–Crippen LogP) is 1.84. The molecule has 104 valence electrons. The summed E-state index contributed by atoms with van der Waals surface area (Å²) in [6.07, 6.45) is 0.806. The van der Waals surface area contributed by atoms with Gasteiger partial charge in [-0.15, -0.1) is 11.3 Å². The van der Waals surface area contributed by atoms with Crippen molar-refractivity contribution < 1.29 is 0 Å². The second-order valence-corrected chi connectivity index (χ2v) is 5.27. The smallest absolute Gasteiger partial charge is 0.143 e. The highest BCUT2D eigenvalue weighted by Crippen LogP contribution is 2.22. The van der Waals surface area contributed by atoms with Crippen LogP contribution in [0.2, 0.25) is 0 Å². The van der Waals surface area contributed by atoms with Crippen LogP contribution < -0.4 is 11.1 Å². The van der Waals surface area contributed by atoms with E-state index in [0.717, 1.165) is 40.5 Å². The zero-order chi connectivity index (χ0) is 13.9. The number of nitrogens with zero attached hydrogens (tertiary/aromatic N) is 3. The number of aryl methyl sites for hydroxylation is 1. The van der Waals surface area contributed by atoms with Crippen LogP contribution in [0.25, 0.3) is 11.0 Å². The van der Waals surface area contributed by atoms with Gasteiger partial charge < -0.3 is 16.0 Å². The molecule has 6 nitrogen and oxygen atoms in total. The number of nitrogens with one attached hydrogen (secondary N) is 2. The van der Waals surface area contributed by atoms with Crippen molar-refractivity contribution in [1.82, 2.24) is 19.9 Å². The molecule has 0 fully saturated rings. The van der Waals surface area contributed by atoms with Gasteiger partial charge in [0.25, 0.3) is 0 Å². The summed E-state index contributed by atoms with van der Waals surface area (Å²) in [4.78, 5) is 16.4. The minimum atomic E-state index is 0.612. The van der Waals surface area contributed by atoms with E-state index < -0.39 is 0 Å². The van der Waals surface area contributed by atoms with Crippen molar-refractivity contribution >= 4 is 28.2 Å². The zero-order valence-corrected chi connectivity index (χ0v) is 12.0. The van der Waals surface area contributed by atoms with Gasteiger partial charge in [-0.05, 0) is 26.0 Å². The highest BCUT2D eigenvalue weighted by Gasteiger charge is 2.09. The summed E-state index contributed by atoms with van der Waals surface area (Å²) in [6, 6.07) is 2.06. The van der Waals surface area contributed by atoms with Gasteiger partial charge >= 0.3 is 0 Å². The Labute approximate surface area is 120 Å². The molecular weight excluding hydrogens is 272 g/mol. The van der Waals surface area contributed by atoms with E-state index in [-0.39, 0.29) is 0 Å². The SMILES string of the molecule is Cc1nc(NCc2cscn2)c2cc(CCN)[nH]c2n1. The largest absolute Gasteiger partial charge is 0.364 e. The van der Waals surface area contributed by atoms with Crippen LogP contribution >= 0.6 is 11.3 Å². The number of anilines is 1. The summed E-state index contributed by atoms with van der Waals surface area (Å²) < 4.78 is 0. The normalized spacial score (nSPS) is 11.1. The lowest BCUT2D eigenvalue weighted by molar-refractivity contribution is 0.936. The zero-order valence-electron chi connectivity index (χ0n) is 11.2. The average molecular weight is 288 g/mol. The Balaban J connectivity index is 1.91. The lowest BCUT2D eigenvalue weighted by Crippen LogP contribution is -2.03. The summed E-state index contributed by atoms with van der Waals surface area (Å²) in [5, 5.41) is 6.35. The maximum absolute atomic E-state index is 5.59. The Morgan fingerprint density at radius 1 is 1.40 bits per heavy atom. The first kappa shape index (κ1) is 13.0. The molecule has 0 unspecified atom stereocenters. The van der Waals surface area contributed by atoms with E-state index in [9.17, 15) is 0 Å². The number of thiazole rings is 1. The first-order chi connectivity index (χ1) is 9.76. The third kappa shape index (κ3) is 2.63. The van der Waals surface area contributed by atoms with Crippen molar-refractivity contribution in [2.45, 2.75) is 19.9 Å². The van der Waals surface area contributed by atoms with Crippen LogP contribution in [0, 0.1) is 6.92 Å². The molecule has 7 heteroatoms. The van der Waals surface area contributed by atoms with Gasteiger partial charge in [0, 0.05) is 11.1 Å². The van der Waals surface area contributed by atoms with Crippen LogP contribution in [-0.4, -0.2) is 26.5 Å². The molecule has 0 radical (unpaired) electrons. The maximum Gasteiger partial charge on any atom is 0.143 e. The Hall–Kier alpha value is -1.99. The first-order valence-corrected chi connectivity index (χ1v) is 7.38. The number of hydrogen-bond acceptors (Lipinski definition) is 6. The van der Waals surface area contributed by atoms with Gasteiger partial charge in [-0.3, -0.25) is 0 Å². The monoisotopic (exact) mass is 288 g/mol. The highest BCUT2D eigenvalue weighted by molar-refractivity contribution is 7.07. The Bertz CT molecular complexity index is 703. The fraction of sp³-hybridized carbons (Fsp3) is 0.308. The van der Waals surface area contributed by atoms with Crippen LogP contribution in [0.4, 0.5) is 5.82 Å². The third-order valence-electron chi connectivity index (χ3n) is 2.99. The van der Waals surface area contributed by atoms with E-state index in [1.165, 1.54) is 0 Å². The summed E-state index contributed by atoms with van der Waals surface area (Å²) in [5.41, 5.74) is 10.4. The van der Waals surface area contributed by atoms with Crippen LogP contribution in [-0.2, 0) is 13.0 Å². The lowest BCUT2D eigenvalue weighted by Gasteiger charge is -2.05. The summed E-state index contributed by atoms with van der Waals surface area (Å²) in [7, 11) is 0. The van der Waals surface area contributed by atoms with Crippen LogP contribution in [0.1, 0.15) is 17.2 Å². The number of fused-ring (bicyclic) bond motifs is 1. The lowest BCUT2D eigenvalue weighted by atomic mass is 10.3. The van der Waals surface area contributed by atoms with Gasteiger partial charge in [0.05, 0.1) is 23.1 Å². The molecule has 0 amide bonds. The van der Waals surface area contributed by atoms with E-state index >= 15 is 0 Å². The van der Waals surface area contributed by atoms with Crippen molar-refractivity contribution in [1.29, 1.82) is 0 Å². The maximum atomic E-state index is 5.59. The standard InChI is InChI=1S/C13H16N6S/c1-8-17-12(15-5-10-6-20-7-16-10)11-4-9(2-3-14)19-13(11)18-8/h4,6-7H,2-3,5,14H2,1H3,(H2,15,17,18,19). The molecule has 3 aromatic rings. The molecule has 0 atom stereocenters. The van der Waals surface area contributed by atoms with E-state index in [0.29, 0.717) is 13.1 Å². The molecule has 0 spiro atoms. The van der Waals surface area contributed by atoms with Crippen molar-refractivity contribution in [2.75, 3.05) is 11.9 Å². The fourth-order valence-electron chi connectivity index (χ4n) is 2.10. The van der Waals surface area contributed by atoms with Gasteiger partial charge in [0.15, 0.2) is 0 Å². The summed E-state index contributed by atoms with van der Waals surface area (Å²) in [6.45, 7) is 3.16. The number of nitrogens with two attached hydrogens (primary N) is 1. The Kier molecular flexibility index (Phi) is 3.62. The first-order valence-electron chi connectivity index (χ1n) is 6.43. The van der Waals surface area contributed by atoms with Gasteiger partial charge in [0.1, 0.15) is 17.3 Å². The molecule has 3 rings (SSSR count). The van der Waals surface area contributed by atoms with Gasteiger partial charge in [-0.1, -0.05) is 0 Å². The molecular formula is C13H16N6S. The van der Waals surface area contributed by atoms with Crippen LogP contribution in [0.5, 0.6) is 0 Å². The molecule has 0 aromatic carbocycles. The van der Waals surface area contributed by atoms with Crippen LogP contribution in [0.15, 0.2) is 17.0 Å². The fourth-order valence-corrected chi connectivity index (χ4v) is 2.66. The molecule has 0 aliphatic carbocycles. The number of hydrogen-bond donors (Lipinski definition) is 3. The van der Waals surface area contributed by atoms with Crippen molar-refractivity contribution in [3.8, 4) is 0 Å². The molecule has 20 heavy (non-hydrogen) atoms. The van der Waals surface area contributed by atoms with E-state index in [2.05, 4.69) is 31.3 Å². The van der Waals surface area contributed by atoms with Crippen molar-refractivity contribution in [2.24, 2.45) is 5.73 Å². The summed E-state index contributed by atoms with van der Waals surface area (Å²) >= 11 is 1.59. The predicted molar refractivity (Wildman–Crippen MR) is 80.8 cm³/mol. The Morgan fingerprint density at radius 2 is 2.30 bits per heavy atom. The minimum Gasteiger partial charge on any atom is -0.364 e. The molecule has 0 bridgehead atoms. The van der Waals surface area contributed by atoms with E-state index in [1.807, 2.05) is 17.8 Å². The van der Waals surface area contributed by atoms with E-state index in [4.69, 9.17) is 5.73 Å². The quantitative estimate of drug-likeness (QED) is 0.666. The van der Waals surface area contributed by atoms with Crippen molar-refractivity contribution in [3.63, 3.8) is 0 Å². The summed E-state index contributed by atoms with van der Waals surface area (Å²) in [5.74, 6) is 1.57. The van der Waals surface area contributed by atoms with Gasteiger partial charge in [0.2, 0.25) is 0 Å². The number of aromatic nitrogens is 4. The van der Waals surface area contributed by atoms with Gasteiger partial charge in [-0.2, -0.15) is 0 Å². The second kappa shape index (κ2) is 5.56. The third-order valence-corrected chi connectivity index (χ3v) is 3.62. The molecule has 0 saturated carbocycles. The number of H-pyrrole nitrogens is 1. The highest BCUT2D eigenvalue weighted by atomic mass is 32.1. The number of aromatic amines is 1. The number of rotatable bonds is 5. The molecule has 3 heterocycles. The molecule has 4 N–H and O–H groups in total. The topological polar surface area (TPSA) is 92.5 Å². The Morgan fingerprint density at radius 3 is 3.05 bits per heavy atom. The van der Waals surface area contributed by atoms with E-state index in [1.54, 1.807) is 11.3 Å². The van der Waals surface area contributed by atoms with Crippen molar-refractivity contribution in [3.05, 3.63) is 34.2 Å². The van der Waals surface area contributed by atoms with Crippen LogP contribution in [0.3, 0.4) is 0 Å². The molecule has 3 aromatic heterocycles.